The van der Waals surface area contributed by atoms with Crippen LogP contribution >= 0.6 is 0 Å². The third-order valence-corrected chi connectivity index (χ3v) is 3.34. The van der Waals surface area contributed by atoms with Gasteiger partial charge in [-0.05, 0) is 13.3 Å². The van der Waals surface area contributed by atoms with Gasteiger partial charge in [-0.1, -0.05) is 6.92 Å². The number of nitrogens with zero attached hydrogens (tertiary/aromatic N) is 2. The second kappa shape index (κ2) is 7.44. The molecule has 1 rings (SSSR count). The molecule has 7 nitrogen and oxygen atoms in total. The van der Waals surface area contributed by atoms with E-state index in [-0.39, 0.29) is 25.8 Å². The molecule has 3 unspecified atom stereocenters. The molecule has 7 heteroatoms. The highest BCUT2D eigenvalue weighted by atomic mass is 16.5. The Morgan fingerprint density at radius 1 is 1.40 bits per heavy atom. The lowest BCUT2D eigenvalue weighted by Gasteiger charge is -2.34. The molecule has 0 bridgehead atoms. The van der Waals surface area contributed by atoms with Crippen molar-refractivity contribution in [3.8, 4) is 0 Å². The summed E-state index contributed by atoms with van der Waals surface area (Å²) in [6.45, 7) is 4.59. The van der Waals surface area contributed by atoms with Gasteiger partial charge in [0.15, 0.2) is 0 Å². The van der Waals surface area contributed by atoms with Crippen LogP contribution in [-0.2, 0) is 9.53 Å². The van der Waals surface area contributed by atoms with Gasteiger partial charge in [-0.25, -0.2) is 4.79 Å². The van der Waals surface area contributed by atoms with E-state index in [2.05, 4.69) is 0 Å². The van der Waals surface area contributed by atoms with Gasteiger partial charge >= 0.3 is 12.0 Å². The van der Waals surface area contributed by atoms with Crippen molar-refractivity contribution in [1.82, 2.24) is 9.80 Å². The number of amides is 2. The van der Waals surface area contributed by atoms with Gasteiger partial charge in [0.25, 0.3) is 0 Å². The SMILES string of the molecule is CCCN(C(=O)N(C)CC(C)O)C1COCC1C(=O)O. The lowest BCUT2D eigenvalue weighted by atomic mass is 10.0. The Morgan fingerprint density at radius 2 is 2.05 bits per heavy atom. The number of aliphatic hydroxyl groups excluding tert-OH is 1. The number of carbonyl (C=O) groups excluding carboxylic acids is 1. The van der Waals surface area contributed by atoms with Crippen LogP contribution in [0.25, 0.3) is 0 Å². The molecule has 0 aliphatic carbocycles. The van der Waals surface area contributed by atoms with Gasteiger partial charge in [0.2, 0.25) is 0 Å². The summed E-state index contributed by atoms with van der Waals surface area (Å²) in [6.07, 6.45) is 0.111. The van der Waals surface area contributed by atoms with Crippen LogP contribution in [0.15, 0.2) is 0 Å². The molecule has 2 amide bonds. The van der Waals surface area contributed by atoms with Crippen LogP contribution in [0.1, 0.15) is 20.3 Å². The number of aliphatic hydroxyl groups is 1. The van der Waals surface area contributed by atoms with Crippen LogP contribution in [0.5, 0.6) is 0 Å². The summed E-state index contributed by atoms with van der Waals surface area (Å²) in [5.74, 6) is -1.63. The molecule has 0 saturated carbocycles. The van der Waals surface area contributed by atoms with Crippen LogP contribution < -0.4 is 0 Å². The van der Waals surface area contributed by atoms with Crippen LogP contribution in [0.2, 0.25) is 0 Å². The molecule has 0 spiro atoms. The normalized spacial score (nSPS) is 23.4. The molecule has 1 aliphatic heterocycles. The molecular weight excluding hydrogens is 264 g/mol. The van der Waals surface area contributed by atoms with Crippen molar-refractivity contribution in [1.29, 1.82) is 0 Å². The number of likely N-dealkylation sites (N-methyl/N-ethyl adjacent to an activating group) is 1. The van der Waals surface area contributed by atoms with E-state index in [0.29, 0.717) is 6.54 Å². The monoisotopic (exact) mass is 288 g/mol. The summed E-state index contributed by atoms with van der Waals surface area (Å²) in [5.41, 5.74) is 0. The molecule has 3 atom stereocenters. The molecule has 0 aromatic rings. The summed E-state index contributed by atoms with van der Waals surface area (Å²) >= 11 is 0. The van der Waals surface area contributed by atoms with Crippen molar-refractivity contribution in [2.75, 3.05) is 33.4 Å². The number of aliphatic carboxylic acids is 1. The van der Waals surface area contributed by atoms with E-state index in [0.717, 1.165) is 6.42 Å². The topological polar surface area (TPSA) is 90.3 Å². The van der Waals surface area contributed by atoms with Gasteiger partial charge in [0.1, 0.15) is 5.92 Å². The molecule has 1 heterocycles. The zero-order valence-corrected chi connectivity index (χ0v) is 12.3. The number of rotatable bonds is 6. The first-order chi connectivity index (χ1) is 9.38. The first-order valence-corrected chi connectivity index (χ1v) is 6.88. The molecule has 1 aliphatic rings. The standard InChI is InChI=1S/C13H24N2O5/c1-4-5-15(13(19)14(3)6-9(2)16)11-8-20-7-10(11)12(17)18/h9-11,16H,4-8H2,1-3H3,(H,17,18). The number of carbonyl (C=O) groups is 2. The number of ether oxygens (including phenoxy) is 1. The molecule has 1 fully saturated rings. The zero-order chi connectivity index (χ0) is 15.3. The molecule has 0 radical (unpaired) electrons. The van der Waals surface area contributed by atoms with E-state index in [9.17, 15) is 19.8 Å². The fourth-order valence-corrected chi connectivity index (χ4v) is 2.42. The first kappa shape index (κ1) is 16.7. The third-order valence-electron chi connectivity index (χ3n) is 3.34. The average Bonchev–Trinajstić information content (AvgIpc) is 2.83. The minimum Gasteiger partial charge on any atom is -0.481 e. The predicted molar refractivity (Wildman–Crippen MR) is 72.4 cm³/mol. The van der Waals surface area contributed by atoms with Crippen LogP contribution in [0.3, 0.4) is 0 Å². The average molecular weight is 288 g/mol. The Hall–Kier alpha value is -1.34. The van der Waals surface area contributed by atoms with Crippen molar-refractivity contribution < 1.29 is 24.5 Å². The molecule has 0 aromatic heterocycles. The van der Waals surface area contributed by atoms with Crippen molar-refractivity contribution >= 4 is 12.0 Å². The van der Waals surface area contributed by atoms with Gasteiger partial charge in [-0.15, -0.1) is 0 Å². The highest BCUT2D eigenvalue weighted by Gasteiger charge is 2.40. The zero-order valence-electron chi connectivity index (χ0n) is 12.3. The van der Waals surface area contributed by atoms with Crippen LogP contribution in [0.4, 0.5) is 4.79 Å². The Kier molecular flexibility index (Phi) is 6.22. The van der Waals surface area contributed by atoms with Gasteiger partial charge in [0.05, 0.1) is 25.4 Å². The number of hydrogen-bond acceptors (Lipinski definition) is 4. The predicted octanol–water partition coefficient (Wildman–Crippen LogP) is 0.231. The van der Waals surface area contributed by atoms with Gasteiger partial charge < -0.3 is 24.7 Å². The molecule has 116 valence electrons. The van der Waals surface area contributed by atoms with Crippen LogP contribution in [-0.4, -0.2) is 77.5 Å². The van der Waals surface area contributed by atoms with E-state index in [1.807, 2.05) is 6.92 Å². The molecular formula is C13H24N2O5. The van der Waals surface area contributed by atoms with Crippen molar-refractivity contribution in [2.45, 2.75) is 32.4 Å². The Labute approximate surface area is 119 Å². The maximum Gasteiger partial charge on any atom is 0.320 e. The summed E-state index contributed by atoms with van der Waals surface area (Å²) in [4.78, 5) is 26.6. The summed E-state index contributed by atoms with van der Waals surface area (Å²) < 4.78 is 5.23. The second-order valence-electron chi connectivity index (χ2n) is 5.26. The Morgan fingerprint density at radius 3 is 2.55 bits per heavy atom. The quantitative estimate of drug-likeness (QED) is 0.730. The smallest absolute Gasteiger partial charge is 0.320 e. The maximum atomic E-state index is 12.4. The fourth-order valence-electron chi connectivity index (χ4n) is 2.42. The van der Waals surface area contributed by atoms with Crippen molar-refractivity contribution in [2.24, 2.45) is 5.92 Å². The van der Waals surface area contributed by atoms with Gasteiger partial charge in [-0.2, -0.15) is 0 Å². The Balaban J connectivity index is 2.82. The summed E-state index contributed by atoms with van der Waals surface area (Å²) in [5, 5.41) is 18.6. The van der Waals surface area contributed by atoms with E-state index >= 15 is 0 Å². The minimum absolute atomic E-state index is 0.133. The highest BCUT2D eigenvalue weighted by molar-refractivity contribution is 5.77. The number of carboxylic acid groups (broad SMARTS) is 1. The van der Waals surface area contributed by atoms with Gasteiger partial charge in [0, 0.05) is 20.1 Å². The molecule has 20 heavy (non-hydrogen) atoms. The largest absolute Gasteiger partial charge is 0.481 e. The van der Waals surface area contributed by atoms with E-state index in [4.69, 9.17) is 4.74 Å². The first-order valence-electron chi connectivity index (χ1n) is 6.88. The molecule has 1 saturated heterocycles. The number of urea groups is 1. The second-order valence-corrected chi connectivity index (χ2v) is 5.26. The Bertz CT molecular complexity index is 348. The van der Waals surface area contributed by atoms with E-state index in [1.165, 1.54) is 4.90 Å². The fraction of sp³-hybridized carbons (Fsp3) is 0.846. The minimum atomic E-state index is -0.945. The van der Waals surface area contributed by atoms with Crippen molar-refractivity contribution in [3.05, 3.63) is 0 Å². The number of hydrogen-bond donors (Lipinski definition) is 2. The van der Waals surface area contributed by atoms with Crippen LogP contribution in [0, 0.1) is 5.92 Å². The highest BCUT2D eigenvalue weighted by Crippen LogP contribution is 2.21. The lowest BCUT2D eigenvalue weighted by molar-refractivity contribution is -0.142. The maximum absolute atomic E-state index is 12.4. The lowest BCUT2D eigenvalue weighted by Crippen LogP contribution is -2.52. The third kappa shape index (κ3) is 4.08. The van der Waals surface area contributed by atoms with E-state index in [1.54, 1.807) is 18.9 Å². The van der Waals surface area contributed by atoms with Gasteiger partial charge in [-0.3, -0.25) is 4.79 Å². The summed E-state index contributed by atoms with van der Waals surface area (Å²) in [7, 11) is 1.60. The summed E-state index contributed by atoms with van der Waals surface area (Å²) in [6, 6.07) is -0.717. The van der Waals surface area contributed by atoms with Crippen molar-refractivity contribution in [3.63, 3.8) is 0 Å². The molecule has 2 N–H and O–H groups in total. The number of carboxylic acids is 1. The molecule has 0 aromatic carbocycles. The van der Waals surface area contributed by atoms with E-state index < -0.39 is 24.0 Å².